The van der Waals surface area contributed by atoms with E-state index in [1.807, 2.05) is 48.5 Å². The Kier molecular flexibility index (Phi) is 7.25. The van der Waals surface area contributed by atoms with Gasteiger partial charge in [-0.15, -0.1) is 0 Å². The summed E-state index contributed by atoms with van der Waals surface area (Å²) >= 11 is 0. The maximum absolute atomic E-state index is 13.0. The van der Waals surface area contributed by atoms with Crippen molar-refractivity contribution in [3.05, 3.63) is 101 Å². The minimum Gasteiger partial charge on any atom is -0.487 e. The molecule has 0 aliphatic carbocycles. The molecule has 1 aliphatic rings. The number of carbonyl (C=O) groups excluding carboxylic acids is 1. The highest BCUT2D eigenvalue weighted by molar-refractivity contribution is 5.83. The van der Waals surface area contributed by atoms with Gasteiger partial charge in [-0.25, -0.2) is 0 Å². The van der Waals surface area contributed by atoms with Gasteiger partial charge < -0.3 is 14.7 Å². The number of hydrogen-bond acceptors (Lipinski definition) is 3. The Morgan fingerprint density at radius 2 is 1.66 bits per heavy atom. The van der Waals surface area contributed by atoms with E-state index in [0.717, 1.165) is 35.3 Å². The van der Waals surface area contributed by atoms with Crippen LogP contribution in [0.1, 0.15) is 54.5 Å². The van der Waals surface area contributed by atoms with E-state index in [0.29, 0.717) is 5.92 Å². The molecule has 1 unspecified atom stereocenters. The van der Waals surface area contributed by atoms with Gasteiger partial charge in [-0.1, -0.05) is 80.6 Å². The highest BCUT2D eigenvalue weighted by atomic mass is 16.5. The minimum absolute atomic E-state index is 0.154. The third-order valence-corrected chi connectivity index (χ3v) is 6.52. The predicted octanol–water partition coefficient (Wildman–Crippen LogP) is 5.40. The molecule has 5 nitrogen and oxygen atoms in total. The van der Waals surface area contributed by atoms with E-state index in [9.17, 15) is 14.7 Å². The van der Waals surface area contributed by atoms with E-state index >= 15 is 0 Å². The van der Waals surface area contributed by atoms with Crippen LogP contribution in [0.25, 0.3) is 0 Å². The summed E-state index contributed by atoms with van der Waals surface area (Å²) in [5, 5.41) is 9.31. The number of benzene rings is 3. The lowest BCUT2D eigenvalue weighted by Crippen LogP contribution is -2.36. The van der Waals surface area contributed by atoms with Crippen molar-refractivity contribution in [1.82, 2.24) is 4.90 Å². The molecule has 5 heteroatoms. The van der Waals surface area contributed by atoms with Gasteiger partial charge in [0.15, 0.2) is 0 Å². The van der Waals surface area contributed by atoms with Crippen molar-refractivity contribution in [2.75, 3.05) is 6.54 Å². The molecule has 0 spiro atoms. The monoisotopic (exact) mass is 471 g/mol. The van der Waals surface area contributed by atoms with E-state index in [2.05, 4.69) is 45.0 Å². The van der Waals surface area contributed by atoms with Crippen LogP contribution in [0.15, 0.2) is 72.8 Å². The average Bonchev–Trinajstić information content (AvgIpc) is 3.14. The molecular weight excluding hydrogens is 438 g/mol. The Labute approximate surface area is 207 Å². The summed E-state index contributed by atoms with van der Waals surface area (Å²) in [5.41, 5.74) is 5.09. The zero-order valence-corrected chi connectivity index (χ0v) is 20.7. The van der Waals surface area contributed by atoms with E-state index in [4.69, 9.17) is 4.74 Å². The van der Waals surface area contributed by atoms with Gasteiger partial charge in [-0.3, -0.25) is 9.59 Å². The molecule has 0 saturated heterocycles. The molecule has 3 aromatic carbocycles. The Hall–Kier alpha value is -3.60. The van der Waals surface area contributed by atoms with Gasteiger partial charge in [0.25, 0.3) is 0 Å². The number of amides is 1. The van der Waals surface area contributed by atoms with Gasteiger partial charge in [0.05, 0.1) is 6.42 Å². The number of carbonyl (C=O) groups is 2. The molecular formula is C30H33NO4. The molecule has 1 heterocycles. The van der Waals surface area contributed by atoms with E-state index in [-0.39, 0.29) is 31.0 Å². The summed E-state index contributed by atoms with van der Waals surface area (Å²) in [6.45, 7) is 6.46. The van der Waals surface area contributed by atoms with Crippen molar-refractivity contribution >= 4 is 11.9 Å². The van der Waals surface area contributed by atoms with Crippen LogP contribution >= 0.6 is 0 Å². The van der Waals surface area contributed by atoms with Crippen LogP contribution < -0.4 is 4.74 Å². The number of aliphatic carboxylic acids is 1. The van der Waals surface area contributed by atoms with Gasteiger partial charge in [-0.2, -0.15) is 0 Å². The third kappa shape index (κ3) is 6.30. The molecule has 35 heavy (non-hydrogen) atoms. The Balaban J connectivity index is 1.43. The summed E-state index contributed by atoms with van der Waals surface area (Å²) in [6, 6.07) is 24.1. The first kappa shape index (κ1) is 24.5. The van der Waals surface area contributed by atoms with E-state index < -0.39 is 5.97 Å². The molecule has 1 N–H and O–H groups in total. The smallest absolute Gasteiger partial charge is 0.323 e. The van der Waals surface area contributed by atoms with Crippen molar-refractivity contribution in [1.29, 1.82) is 0 Å². The normalized spacial score (nSPS) is 16.6. The molecule has 4 rings (SSSR count). The molecule has 0 saturated carbocycles. The van der Waals surface area contributed by atoms with Crippen molar-refractivity contribution in [3.63, 3.8) is 0 Å². The zero-order chi connectivity index (χ0) is 25.0. The minimum atomic E-state index is -1.02. The van der Waals surface area contributed by atoms with Gasteiger partial charge in [0, 0.05) is 19.4 Å². The number of fused-ring (bicyclic) bond motifs is 1. The van der Waals surface area contributed by atoms with Gasteiger partial charge >= 0.3 is 5.97 Å². The van der Waals surface area contributed by atoms with Crippen LogP contribution in [-0.4, -0.2) is 34.0 Å². The van der Waals surface area contributed by atoms with Gasteiger partial charge in [-0.05, 0) is 46.7 Å². The molecule has 0 fully saturated rings. The zero-order valence-electron chi connectivity index (χ0n) is 20.7. The van der Waals surface area contributed by atoms with Crippen LogP contribution in [0, 0.1) is 0 Å². The fourth-order valence-electron chi connectivity index (χ4n) is 4.72. The number of ether oxygens (including phenoxy) is 1. The van der Waals surface area contributed by atoms with Crippen LogP contribution in [0.4, 0.5) is 0 Å². The fraction of sp³-hybridized carbons (Fsp3) is 0.333. The first-order valence-corrected chi connectivity index (χ1v) is 12.1. The van der Waals surface area contributed by atoms with Crippen LogP contribution in [0.2, 0.25) is 0 Å². The second-order valence-corrected chi connectivity index (χ2v) is 10.0. The second-order valence-electron chi connectivity index (χ2n) is 10.0. The Morgan fingerprint density at radius 3 is 2.31 bits per heavy atom. The summed E-state index contributed by atoms with van der Waals surface area (Å²) in [7, 11) is 0. The average molecular weight is 472 g/mol. The van der Waals surface area contributed by atoms with E-state index in [1.54, 1.807) is 0 Å². The largest absolute Gasteiger partial charge is 0.487 e. The first-order valence-electron chi connectivity index (χ1n) is 12.1. The number of nitrogens with zero attached hydrogens (tertiary/aromatic N) is 1. The molecule has 0 bridgehead atoms. The Bertz CT molecular complexity index is 1190. The van der Waals surface area contributed by atoms with Gasteiger partial charge in [0.1, 0.15) is 17.9 Å². The number of carboxylic acid groups (broad SMARTS) is 1. The van der Waals surface area contributed by atoms with Gasteiger partial charge in [0.2, 0.25) is 5.91 Å². The molecule has 0 radical (unpaired) electrons. The van der Waals surface area contributed by atoms with Crippen molar-refractivity contribution in [3.8, 4) is 5.75 Å². The second kappa shape index (κ2) is 10.3. The van der Waals surface area contributed by atoms with Crippen LogP contribution in [0.3, 0.4) is 0 Å². The van der Waals surface area contributed by atoms with Crippen LogP contribution in [0.5, 0.6) is 5.75 Å². The lowest BCUT2D eigenvalue weighted by Gasteiger charge is -2.24. The molecule has 1 amide bonds. The summed E-state index contributed by atoms with van der Waals surface area (Å²) in [4.78, 5) is 25.8. The fourth-order valence-corrected chi connectivity index (χ4v) is 4.72. The number of hydrogen-bond donors (Lipinski definition) is 1. The highest BCUT2D eigenvalue weighted by Gasteiger charge is 2.35. The molecule has 3 aromatic rings. The third-order valence-electron chi connectivity index (χ3n) is 6.52. The number of rotatable bonds is 9. The van der Waals surface area contributed by atoms with Crippen molar-refractivity contribution < 1.29 is 19.4 Å². The molecule has 0 aromatic heterocycles. The lowest BCUT2D eigenvalue weighted by atomic mass is 9.90. The maximum atomic E-state index is 13.0. The molecule has 1 atom stereocenters. The SMILES string of the molecule is CC(C)c1ccc(CC2(C)Cc3cc(CC(=O)N(CC(=O)O)Cc4ccccc4)ccc3O2)cc1. The summed E-state index contributed by atoms with van der Waals surface area (Å²) < 4.78 is 6.34. The maximum Gasteiger partial charge on any atom is 0.323 e. The van der Waals surface area contributed by atoms with Crippen LogP contribution in [-0.2, 0) is 35.4 Å². The predicted molar refractivity (Wildman–Crippen MR) is 137 cm³/mol. The standard InChI is InChI=1S/C30H33NO4/c1-21(2)25-12-9-22(10-13-25)17-30(3)18-26-15-24(11-14-27(26)35-30)16-28(32)31(20-29(33)34)19-23-7-5-4-6-8-23/h4-15,21H,16-20H2,1-3H3,(H,33,34). The quantitative estimate of drug-likeness (QED) is 0.454. The lowest BCUT2D eigenvalue weighted by molar-refractivity contribution is -0.144. The Morgan fingerprint density at radius 1 is 0.971 bits per heavy atom. The first-order chi connectivity index (χ1) is 16.7. The van der Waals surface area contributed by atoms with E-state index in [1.165, 1.54) is 16.0 Å². The van der Waals surface area contributed by atoms with Crippen molar-refractivity contribution in [2.24, 2.45) is 0 Å². The summed E-state index contributed by atoms with van der Waals surface area (Å²) in [5.74, 6) is 0.137. The molecule has 1 aliphatic heterocycles. The summed E-state index contributed by atoms with van der Waals surface area (Å²) in [6.07, 6.45) is 1.72. The number of carboxylic acids is 1. The van der Waals surface area contributed by atoms with Crippen molar-refractivity contribution in [2.45, 2.75) is 58.1 Å². The topological polar surface area (TPSA) is 66.8 Å². The molecule has 182 valence electrons. The highest BCUT2D eigenvalue weighted by Crippen LogP contribution is 2.37.